The molecule has 0 N–H and O–H groups in total. The topological polar surface area (TPSA) is 81.4 Å². The Morgan fingerprint density at radius 3 is 2.85 bits per heavy atom. The van der Waals surface area contributed by atoms with E-state index in [0.717, 1.165) is 11.3 Å². The maximum Gasteiger partial charge on any atom is 0.254 e. The maximum absolute atomic E-state index is 12.3. The molecule has 1 saturated heterocycles. The molecule has 0 atom stereocenters. The van der Waals surface area contributed by atoms with Gasteiger partial charge in [0.15, 0.2) is 5.82 Å². The molecular weight excluding hydrogens is 344 g/mol. The van der Waals surface area contributed by atoms with Crippen LogP contribution in [0.25, 0.3) is 0 Å². The molecule has 7 heteroatoms. The number of hydrogen-bond acceptors (Lipinski definition) is 6. The summed E-state index contributed by atoms with van der Waals surface area (Å²) in [5.74, 6) is 2.13. The molecule has 0 spiro atoms. The minimum Gasteiger partial charge on any atom is -0.493 e. The summed E-state index contributed by atoms with van der Waals surface area (Å²) in [6.45, 7) is 3.69. The Morgan fingerprint density at radius 2 is 2.07 bits per heavy atom. The SMILES string of the molecule is Cc1cccc(OCCc2noc(C3CN(C(=O)c4ccncc4)C3)n2)c1. The Labute approximate surface area is 157 Å². The summed E-state index contributed by atoms with van der Waals surface area (Å²) in [5, 5.41) is 4.02. The van der Waals surface area contributed by atoms with Crippen molar-refractivity contribution in [1.82, 2.24) is 20.0 Å². The van der Waals surface area contributed by atoms with Crippen LogP contribution in [0.2, 0.25) is 0 Å². The molecule has 1 aliphatic heterocycles. The highest BCUT2D eigenvalue weighted by Crippen LogP contribution is 2.27. The van der Waals surface area contributed by atoms with E-state index < -0.39 is 0 Å². The zero-order chi connectivity index (χ0) is 18.6. The molecule has 0 aliphatic carbocycles. The first-order valence-corrected chi connectivity index (χ1v) is 8.90. The summed E-state index contributed by atoms with van der Waals surface area (Å²) in [5.41, 5.74) is 1.80. The number of amides is 1. The quantitative estimate of drug-likeness (QED) is 0.669. The summed E-state index contributed by atoms with van der Waals surface area (Å²) in [6, 6.07) is 11.3. The lowest BCUT2D eigenvalue weighted by molar-refractivity contribution is 0.0569. The van der Waals surface area contributed by atoms with Gasteiger partial charge in [-0.1, -0.05) is 17.3 Å². The van der Waals surface area contributed by atoms with Crippen molar-refractivity contribution >= 4 is 5.91 Å². The van der Waals surface area contributed by atoms with Crippen LogP contribution in [-0.4, -0.2) is 45.6 Å². The maximum atomic E-state index is 12.3. The minimum absolute atomic E-state index is 0.0000525. The van der Waals surface area contributed by atoms with Gasteiger partial charge in [0.25, 0.3) is 5.91 Å². The van der Waals surface area contributed by atoms with E-state index in [-0.39, 0.29) is 11.8 Å². The number of aromatic nitrogens is 3. The van der Waals surface area contributed by atoms with E-state index in [9.17, 15) is 4.79 Å². The van der Waals surface area contributed by atoms with E-state index in [1.807, 2.05) is 31.2 Å². The van der Waals surface area contributed by atoms with Crippen LogP contribution in [0.1, 0.15) is 33.6 Å². The van der Waals surface area contributed by atoms with E-state index in [0.29, 0.717) is 43.4 Å². The summed E-state index contributed by atoms with van der Waals surface area (Å²) < 4.78 is 11.1. The van der Waals surface area contributed by atoms with Crippen molar-refractivity contribution in [2.75, 3.05) is 19.7 Å². The molecule has 0 unspecified atom stereocenters. The van der Waals surface area contributed by atoms with Gasteiger partial charge in [-0.3, -0.25) is 9.78 Å². The van der Waals surface area contributed by atoms with Crippen molar-refractivity contribution < 1.29 is 14.1 Å². The average Bonchev–Trinajstić information content (AvgIpc) is 3.09. The average molecular weight is 364 g/mol. The molecule has 3 aromatic rings. The second-order valence-electron chi connectivity index (χ2n) is 6.61. The van der Waals surface area contributed by atoms with Crippen LogP contribution in [-0.2, 0) is 6.42 Å². The molecule has 138 valence electrons. The van der Waals surface area contributed by atoms with Crippen molar-refractivity contribution in [3.05, 3.63) is 71.6 Å². The number of pyridine rings is 1. The normalized spacial score (nSPS) is 14.0. The highest BCUT2D eigenvalue weighted by atomic mass is 16.5. The summed E-state index contributed by atoms with van der Waals surface area (Å²) >= 11 is 0. The van der Waals surface area contributed by atoms with Crippen molar-refractivity contribution in [2.24, 2.45) is 0 Å². The van der Waals surface area contributed by atoms with Gasteiger partial charge in [0, 0.05) is 37.5 Å². The summed E-state index contributed by atoms with van der Waals surface area (Å²) in [4.78, 5) is 22.5. The van der Waals surface area contributed by atoms with Gasteiger partial charge in [0.05, 0.1) is 12.5 Å². The van der Waals surface area contributed by atoms with Gasteiger partial charge < -0.3 is 14.2 Å². The van der Waals surface area contributed by atoms with Gasteiger partial charge in [0.1, 0.15) is 5.75 Å². The first kappa shape index (κ1) is 17.2. The Bertz CT molecular complexity index is 920. The molecule has 0 saturated carbocycles. The van der Waals surface area contributed by atoms with Crippen LogP contribution >= 0.6 is 0 Å². The molecule has 0 bridgehead atoms. The second-order valence-corrected chi connectivity index (χ2v) is 6.61. The minimum atomic E-state index is -0.0000525. The monoisotopic (exact) mass is 364 g/mol. The van der Waals surface area contributed by atoms with Crippen LogP contribution in [0.3, 0.4) is 0 Å². The largest absolute Gasteiger partial charge is 0.493 e. The lowest BCUT2D eigenvalue weighted by Crippen LogP contribution is -2.48. The molecule has 27 heavy (non-hydrogen) atoms. The molecule has 4 rings (SSSR count). The number of likely N-dealkylation sites (tertiary alicyclic amines) is 1. The number of benzene rings is 1. The molecule has 1 fully saturated rings. The fourth-order valence-corrected chi connectivity index (χ4v) is 2.98. The molecule has 7 nitrogen and oxygen atoms in total. The zero-order valence-corrected chi connectivity index (χ0v) is 15.0. The fraction of sp³-hybridized carbons (Fsp3) is 0.300. The zero-order valence-electron chi connectivity index (χ0n) is 15.0. The number of carbonyl (C=O) groups excluding carboxylic acids is 1. The summed E-state index contributed by atoms with van der Waals surface area (Å²) in [7, 11) is 0. The van der Waals surface area contributed by atoms with E-state index in [2.05, 4.69) is 15.1 Å². The van der Waals surface area contributed by atoms with Gasteiger partial charge >= 0.3 is 0 Å². The predicted molar refractivity (Wildman–Crippen MR) is 97.6 cm³/mol. The number of nitrogens with zero attached hydrogens (tertiary/aromatic N) is 4. The Kier molecular flexibility index (Phi) is 4.82. The van der Waals surface area contributed by atoms with Gasteiger partial charge in [-0.05, 0) is 36.8 Å². The molecule has 1 amide bonds. The highest BCUT2D eigenvalue weighted by Gasteiger charge is 2.35. The fourth-order valence-electron chi connectivity index (χ4n) is 2.98. The summed E-state index contributed by atoms with van der Waals surface area (Å²) in [6.07, 6.45) is 3.81. The number of ether oxygens (including phenoxy) is 1. The van der Waals surface area contributed by atoms with Crippen molar-refractivity contribution in [3.63, 3.8) is 0 Å². The molecule has 2 aromatic heterocycles. The number of hydrogen-bond donors (Lipinski definition) is 0. The molecule has 0 radical (unpaired) electrons. The van der Waals surface area contributed by atoms with Crippen LogP contribution < -0.4 is 4.74 Å². The lowest BCUT2D eigenvalue weighted by Gasteiger charge is -2.37. The Balaban J connectivity index is 1.26. The van der Waals surface area contributed by atoms with E-state index in [1.54, 1.807) is 29.4 Å². The third kappa shape index (κ3) is 3.97. The van der Waals surface area contributed by atoms with Gasteiger partial charge in [-0.15, -0.1) is 0 Å². The Hall–Kier alpha value is -3.22. The van der Waals surface area contributed by atoms with E-state index in [1.165, 1.54) is 0 Å². The highest BCUT2D eigenvalue weighted by molar-refractivity contribution is 5.94. The van der Waals surface area contributed by atoms with Crippen LogP contribution in [0, 0.1) is 6.92 Å². The third-order valence-electron chi connectivity index (χ3n) is 4.51. The standard InChI is InChI=1S/C20H20N4O3/c1-14-3-2-4-17(11-14)26-10-7-18-22-19(27-23-18)16-12-24(13-16)20(25)15-5-8-21-9-6-15/h2-6,8-9,11,16H,7,10,12-13H2,1H3. The van der Waals surface area contributed by atoms with Crippen LogP contribution in [0.15, 0.2) is 53.3 Å². The smallest absolute Gasteiger partial charge is 0.254 e. The third-order valence-corrected chi connectivity index (χ3v) is 4.51. The van der Waals surface area contributed by atoms with Crippen molar-refractivity contribution in [2.45, 2.75) is 19.3 Å². The number of carbonyl (C=O) groups is 1. The van der Waals surface area contributed by atoms with Crippen LogP contribution in [0.4, 0.5) is 0 Å². The van der Waals surface area contributed by atoms with Gasteiger partial charge in [0.2, 0.25) is 5.89 Å². The molecular formula is C20H20N4O3. The van der Waals surface area contributed by atoms with Crippen molar-refractivity contribution in [3.8, 4) is 5.75 Å². The van der Waals surface area contributed by atoms with E-state index in [4.69, 9.17) is 9.26 Å². The lowest BCUT2D eigenvalue weighted by atomic mass is 9.99. The second kappa shape index (κ2) is 7.57. The number of aryl methyl sites for hydroxylation is 1. The van der Waals surface area contributed by atoms with Crippen LogP contribution in [0.5, 0.6) is 5.75 Å². The van der Waals surface area contributed by atoms with Gasteiger partial charge in [-0.2, -0.15) is 4.98 Å². The van der Waals surface area contributed by atoms with E-state index >= 15 is 0 Å². The van der Waals surface area contributed by atoms with Gasteiger partial charge in [-0.25, -0.2) is 0 Å². The first-order chi connectivity index (χ1) is 13.2. The number of rotatable bonds is 6. The predicted octanol–water partition coefficient (Wildman–Crippen LogP) is 2.63. The Morgan fingerprint density at radius 1 is 1.26 bits per heavy atom. The molecule has 3 heterocycles. The van der Waals surface area contributed by atoms with Crippen molar-refractivity contribution in [1.29, 1.82) is 0 Å². The molecule has 1 aromatic carbocycles. The first-order valence-electron chi connectivity index (χ1n) is 8.90. The molecule has 1 aliphatic rings.